The van der Waals surface area contributed by atoms with E-state index in [0.29, 0.717) is 5.56 Å². The van der Waals surface area contributed by atoms with Crippen LogP contribution in [0.25, 0.3) is 0 Å². The van der Waals surface area contributed by atoms with Crippen LogP contribution in [-0.2, 0) is 0 Å². The average molecular weight is 224 g/mol. The van der Waals surface area contributed by atoms with Crippen molar-refractivity contribution < 1.29 is 9.53 Å². The van der Waals surface area contributed by atoms with E-state index in [-0.39, 0.29) is 11.3 Å². The number of ether oxygens (including phenoxy) is 1. The maximum absolute atomic E-state index is 11.7. The molecule has 0 bridgehead atoms. The number of nitrogens with zero attached hydrogens (tertiary/aromatic N) is 2. The molecule has 0 saturated heterocycles. The van der Waals surface area contributed by atoms with Crippen LogP contribution in [0, 0.1) is 11.3 Å². The first kappa shape index (κ1) is 10.8. The largest absolute Gasteiger partial charge is 0.420 e. The quantitative estimate of drug-likeness (QED) is 0.733. The second-order valence-corrected chi connectivity index (χ2v) is 3.24. The highest BCUT2D eigenvalue weighted by atomic mass is 16.5. The van der Waals surface area contributed by atoms with Crippen LogP contribution < -0.4 is 4.74 Å². The minimum absolute atomic E-state index is 0.170. The average Bonchev–Trinajstić information content (AvgIpc) is 2.40. The Morgan fingerprint density at radius 1 is 1.24 bits per heavy atom. The fourth-order valence-electron chi connectivity index (χ4n) is 1.29. The van der Waals surface area contributed by atoms with Gasteiger partial charge in [0.1, 0.15) is 6.07 Å². The second kappa shape index (κ2) is 4.90. The molecular weight excluding hydrogens is 216 g/mol. The second-order valence-electron chi connectivity index (χ2n) is 3.24. The lowest BCUT2D eigenvalue weighted by molar-refractivity contribution is 0.0733. The van der Waals surface area contributed by atoms with Crippen molar-refractivity contribution in [1.82, 2.24) is 4.98 Å². The Bertz CT molecular complexity index is 573. The highest BCUT2D eigenvalue weighted by Gasteiger charge is 2.10. The summed E-state index contributed by atoms with van der Waals surface area (Å²) < 4.78 is 5.10. The van der Waals surface area contributed by atoms with Crippen LogP contribution in [0.5, 0.6) is 5.75 Å². The van der Waals surface area contributed by atoms with Gasteiger partial charge in [-0.25, -0.2) is 4.79 Å². The van der Waals surface area contributed by atoms with Gasteiger partial charge in [-0.2, -0.15) is 5.26 Å². The topological polar surface area (TPSA) is 63.0 Å². The van der Waals surface area contributed by atoms with Crippen molar-refractivity contribution in [2.45, 2.75) is 0 Å². The molecule has 0 saturated carbocycles. The molecule has 0 aliphatic carbocycles. The Morgan fingerprint density at radius 3 is 2.71 bits per heavy atom. The molecule has 17 heavy (non-hydrogen) atoms. The van der Waals surface area contributed by atoms with Crippen molar-refractivity contribution in [2.75, 3.05) is 0 Å². The fourth-order valence-corrected chi connectivity index (χ4v) is 1.29. The van der Waals surface area contributed by atoms with E-state index in [9.17, 15) is 4.79 Å². The number of nitriles is 1. The molecule has 82 valence electrons. The molecule has 0 aliphatic heterocycles. The summed E-state index contributed by atoms with van der Waals surface area (Å²) in [7, 11) is 0. The number of carbonyl (C=O) groups excluding carboxylic acids is 1. The SMILES string of the molecule is N#Cc1ccncc1OC(=O)c1ccccc1. The van der Waals surface area contributed by atoms with Gasteiger partial charge in [0.2, 0.25) is 0 Å². The van der Waals surface area contributed by atoms with Crippen molar-refractivity contribution in [3.8, 4) is 11.8 Å². The predicted molar refractivity (Wildman–Crippen MR) is 60.4 cm³/mol. The van der Waals surface area contributed by atoms with E-state index in [1.165, 1.54) is 18.5 Å². The molecule has 0 unspecified atom stereocenters. The number of rotatable bonds is 2. The molecular formula is C13H8N2O2. The zero-order valence-corrected chi connectivity index (χ0v) is 8.83. The lowest BCUT2D eigenvalue weighted by atomic mass is 10.2. The van der Waals surface area contributed by atoms with Gasteiger partial charge in [-0.1, -0.05) is 18.2 Å². The molecule has 1 heterocycles. The van der Waals surface area contributed by atoms with Gasteiger partial charge < -0.3 is 4.74 Å². The number of benzene rings is 1. The van der Waals surface area contributed by atoms with Crippen molar-refractivity contribution in [2.24, 2.45) is 0 Å². The zero-order chi connectivity index (χ0) is 12.1. The third kappa shape index (κ3) is 2.47. The molecule has 1 aromatic heterocycles. The Morgan fingerprint density at radius 2 is 2.00 bits per heavy atom. The highest BCUT2D eigenvalue weighted by Crippen LogP contribution is 2.16. The monoisotopic (exact) mass is 224 g/mol. The number of aromatic nitrogens is 1. The molecule has 2 aromatic rings. The van der Waals surface area contributed by atoms with E-state index >= 15 is 0 Å². The summed E-state index contributed by atoms with van der Waals surface area (Å²) in [6.07, 6.45) is 2.82. The standard InChI is InChI=1S/C13H8N2O2/c14-8-11-6-7-15-9-12(11)17-13(16)10-4-2-1-3-5-10/h1-7,9H. The number of hydrogen-bond acceptors (Lipinski definition) is 4. The third-order valence-corrected chi connectivity index (χ3v) is 2.12. The maximum atomic E-state index is 11.7. The van der Waals surface area contributed by atoms with Crippen LogP contribution in [0.3, 0.4) is 0 Å². The van der Waals surface area contributed by atoms with E-state index in [2.05, 4.69) is 4.98 Å². The van der Waals surface area contributed by atoms with Gasteiger partial charge in [-0.15, -0.1) is 0 Å². The van der Waals surface area contributed by atoms with E-state index in [4.69, 9.17) is 10.00 Å². The predicted octanol–water partition coefficient (Wildman–Crippen LogP) is 2.17. The first-order valence-corrected chi connectivity index (χ1v) is 4.92. The fraction of sp³-hybridized carbons (Fsp3) is 0. The molecule has 0 aliphatic rings. The zero-order valence-electron chi connectivity index (χ0n) is 8.83. The summed E-state index contributed by atoms with van der Waals surface area (Å²) >= 11 is 0. The van der Waals surface area contributed by atoms with Gasteiger partial charge in [0.05, 0.1) is 17.3 Å². The Hall–Kier alpha value is -2.67. The Balaban J connectivity index is 2.23. The van der Waals surface area contributed by atoms with Gasteiger partial charge in [0.15, 0.2) is 5.75 Å². The molecule has 1 aromatic carbocycles. The van der Waals surface area contributed by atoms with Crippen molar-refractivity contribution in [1.29, 1.82) is 5.26 Å². The Labute approximate surface area is 98.1 Å². The van der Waals surface area contributed by atoms with Gasteiger partial charge >= 0.3 is 5.97 Å². The summed E-state index contributed by atoms with van der Waals surface area (Å²) in [6, 6.07) is 12.0. The summed E-state index contributed by atoms with van der Waals surface area (Å²) in [6.45, 7) is 0. The van der Waals surface area contributed by atoms with Gasteiger partial charge in [0.25, 0.3) is 0 Å². The van der Waals surface area contributed by atoms with Crippen molar-refractivity contribution >= 4 is 5.97 Å². The molecule has 0 N–H and O–H groups in total. The van der Waals surface area contributed by atoms with Crippen LogP contribution in [-0.4, -0.2) is 11.0 Å². The molecule has 0 amide bonds. The first-order chi connectivity index (χ1) is 8.31. The number of carbonyl (C=O) groups is 1. The van der Waals surface area contributed by atoms with Crippen molar-refractivity contribution in [3.05, 3.63) is 59.9 Å². The van der Waals surface area contributed by atoms with E-state index < -0.39 is 5.97 Å². The van der Waals surface area contributed by atoms with Crippen LogP contribution in [0.4, 0.5) is 0 Å². The lowest BCUT2D eigenvalue weighted by Crippen LogP contribution is -2.09. The minimum atomic E-state index is -0.505. The Kier molecular flexibility index (Phi) is 3.13. The number of hydrogen-bond donors (Lipinski definition) is 0. The summed E-state index contributed by atoms with van der Waals surface area (Å²) in [5, 5.41) is 8.83. The van der Waals surface area contributed by atoms with Crippen LogP contribution in [0.2, 0.25) is 0 Å². The summed E-state index contributed by atoms with van der Waals surface area (Å²) in [5.41, 5.74) is 0.713. The molecule has 4 heteroatoms. The first-order valence-electron chi connectivity index (χ1n) is 4.92. The summed E-state index contributed by atoms with van der Waals surface area (Å²) in [5.74, 6) is -0.334. The molecule has 0 atom stereocenters. The number of esters is 1. The molecule has 4 nitrogen and oxygen atoms in total. The lowest BCUT2D eigenvalue weighted by Gasteiger charge is -2.04. The van der Waals surface area contributed by atoms with E-state index in [1.54, 1.807) is 24.3 Å². The number of pyridine rings is 1. The minimum Gasteiger partial charge on any atom is -0.420 e. The third-order valence-electron chi connectivity index (χ3n) is 2.12. The van der Waals surface area contributed by atoms with Gasteiger partial charge in [-0.3, -0.25) is 4.98 Å². The molecule has 0 radical (unpaired) electrons. The summed E-state index contributed by atoms with van der Waals surface area (Å²) in [4.78, 5) is 15.5. The maximum Gasteiger partial charge on any atom is 0.343 e. The van der Waals surface area contributed by atoms with Crippen LogP contribution in [0.1, 0.15) is 15.9 Å². The van der Waals surface area contributed by atoms with Gasteiger partial charge in [-0.05, 0) is 18.2 Å². The smallest absolute Gasteiger partial charge is 0.343 e. The van der Waals surface area contributed by atoms with E-state index in [0.717, 1.165) is 0 Å². The van der Waals surface area contributed by atoms with Gasteiger partial charge in [0, 0.05) is 6.20 Å². The highest BCUT2D eigenvalue weighted by molar-refractivity contribution is 5.91. The van der Waals surface area contributed by atoms with Crippen molar-refractivity contribution in [3.63, 3.8) is 0 Å². The van der Waals surface area contributed by atoms with Crippen LogP contribution >= 0.6 is 0 Å². The molecule has 0 spiro atoms. The molecule has 0 fully saturated rings. The van der Waals surface area contributed by atoms with E-state index in [1.807, 2.05) is 12.1 Å². The normalized spacial score (nSPS) is 9.35. The van der Waals surface area contributed by atoms with Crippen LogP contribution in [0.15, 0.2) is 48.8 Å². The molecule has 2 rings (SSSR count).